The number of thiophene rings is 1. The summed E-state index contributed by atoms with van der Waals surface area (Å²) in [7, 11) is 0. The standard InChI is InChI=1S/C17H18ClNOS/c1-2-3-15-14-9-11-21-16(14)8-10-19(15)17(20)12-4-6-13(18)7-5-12/h4-7,9,11,15H,2-3,8,10H2,1H3. The maximum Gasteiger partial charge on any atom is 0.254 e. The number of benzene rings is 1. The van der Waals surface area contributed by atoms with Gasteiger partial charge in [-0.1, -0.05) is 24.9 Å². The zero-order valence-electron chi connectivity index (χ0n) is 12.0. The van der Waals surface area contributed by atoms with E-state index in [1.54, 1.807) is 12.1 Å². The van der Waals surface area contributed by atoms with Gasteiger partial charge in [0, 0.05) is 22.0 Å². The first kappa shape index (κ1) is 14.6. The van der Waals surface area contributed by atoms with Crippen LogP contribution in [0.15, 0.2) is 35.7 Å². The fraction of sp³-hybridized carbons (Fsp3) is 0.353. The zero-order chi connectivity index (χ0) is 14.8. The first-order valence-electron chi connectivity index (χ1n) is 7.33. The summed E-state index contributed by atoms with van der Waals surface area (Å²) in [5.74, 6) is 0.113. The summed E-state index contributed by atoms with van der Waals surface area (Å²) in [6.45, 7) is 2.98. The Labute approximate surface area is 134 Å². The Bertz CT molecular complexity index is 634. The van der Waals surface area contributed by atoms with Gasteiger partial charge in [-0.2, -0.15) is 0 Å². The van der Waals surface area contributed by atoms with E-state index in [2.05, 4.69) is 18.4 Å². The average molecular weight is 320 g/mol. The highest BCUT2D eigenvalue weighted by Crippen LogP contribution is 2.36. The molecule has 2 aromatic rings. The van der Waals surface area contributed by atoms with Crippen molar-refractivity contribution < 1.29 is 4.79 Å². The van der Waals surface area contributed by atoms with E-state index in [1.807, 2.05) is 28.4 Å². The van der Waals surface area contributed by atoms with Crippen molar-refractivity contribution in [2.75, 3.05) is 6.54 Å². The van der Waals surface area contributed by atoms with Crippen LogP contribution >= 0.6 is 22.9 Å². The van der Waals surface area contributed by atoms with E-state index >= 15 is 0 Å². The summed E-state index contributed by atoms with van der Waals surface area (Å²) in [5.41, 5.74) is 2.06. The van der Waals surface area contributed by atoms with Crippen LogP contribution in [0.25, 0.3) is 0 Å². The van der Waals surface area contributed by atoms with Crippen molar-refractivity contribution in [2.24, 2.45) is 0 Å². The molecule has 2 heterocycles. The highest BCUT2D eigenvalue weighted by atomic mass is 35.5. The van der Waals surface area contributed by atoms with Gasteiger partial charge in [-0.25, -0.2) is 0 Å². The van der Waals surface area contributed by atoms with Crippen molar-refractivity contribution in [3.05, 3.63) is 56.7 Å². The molecule has 0 aliphatic carbocycles. The van der Waals surface area contributed by atoms with E-state index in [9.17, 15) is 4.79 Å². The van der Waals surface area contributed by atoms with Crippen LogP contribution in [-0.2, 0) is 6.42 Å². The lowest BCUT2D eigenvalue weighted by Gasteiger charge is -2.36. The predicted molar refractivity (Wildman–Crippen MR) is 88.2 cm³/mol. The Balaban J connectivity index is 1.90. The molecule has 1 amide bonds. The van der Waals surface area contributed by atoms with Crippen LogP contribution in [0.1, 0.15) is 46.6 Å². The first-order chi connectivity index (χ1) is 10.2. The molecule has 4 heteroatoms. The van der Waals surface area contributed by atoms with E-state index in [0.29, 0.717) is 5.02 Å². The van der Waals surface area contributed by atoms with Gasteiger partial charge in [-0.15, -0.1) is 11.3 Å². The van der Waals surface area contributed by atoms with E-state index < -0.39 is 0 Å². The van der Waals surface area contributed by atoms with E-state index in [0.717, 1.165) is 31.4 Å². The Morgan fingerprint density at radius 1 is 1.33 bits per heavy atom. The number of amides is 1. The molecular weight excluding hydrogens is 302 g/mol. The van der Waals surface area contributed by atoms with Gasteiger partial charge in [0.25, 0.3) is 5.91 Å². The first-order valence-corrected chi connectivity index (χ1v) is 8.59. The van der Waals surface area contributed by atoms with Gasteiger partial charge in [0.2, 0.25) is 0 Å². The molecule has 1 aromatic carbocycles. The second-order valence-electron chi connectivity index (χ2n) is 5.36. The average Bonchev–Trinajstić information content (AvgIpc) is 2.97. The third-order valence-corrected chi connectivity index (χ3v) is 5.26. The normalized spacial score (nSPS) is 17.6. The molecule has 0 saturated carbocycles. The largest absolute Gasteiger partial charge is 0.331 e. The van der Waals surface area contributed by atoms with Gasteiger partial charge in [0.15, 0.2) is 0 Å². The molecule has 3 rings (SSSR count). The van der Waals surface area contributed by atoms with Crippen LogP contribution in [0.3, 0.4) is 0 Å². The van der Waals surface area contributed by atoms with Crippen molar-refractivity contribution in [1.82, 2.24) is 4.90 Å². The molecular formula is C17H18ClNOS. The Hall–Kier alpha value is -1.32. The predicted octanol–water partition coefficient (Wildman–Crippen LogP) is 4.94. The third-order valence-electron chi connectivity index (χ3n) is 4.01. The monoisotopic (exact) mass is 319 g/mol. The molecule has 0 radical (unpaired) electrons. The maximum absolute atomic E-state index is 12.8. The molecule has 21 heavy (non-hydrogen) atoms. The minimum atomic E-state index is 0.113. The molecule has 1 aromatic heterocycles. The molecule has 1 unspecified atom stereocenters. The summed E-state index contributed by atoms with van der Waals surface area (Å²) >= 11 is 7.72. The van der Waals surface area contributed by atoms with Crippen LogP contribution in [0.5, 0.6) is 0 Å². The molecule has 1 aliphatic heterocycles. The second kappa shape index (κ2) is 6.20. The Morgan fingerprint density at radius 2 is 2.10 bits per heavy atom. The van der Waals surface area contributed by atoms with Crippen molar-refractivity contribution in [3.63, 3.8) is 0 Å². The molecule has 0 fully saturated rings. The van der Waals surface area contributed by atoms with Gasteiger partial charge in [-0.3, -0.25) is 4.79 Å². The maximum atomic E-state index is 12.8. The van der Waals surface area contributed by atoms with Gasteiger partial charge in [-0.05, 0) is 54.1 Å². The van der Waals surface area contributed by atoms with E-state index in [4.69, 9.17) is 11.6 Å². The summed E-state index contributed by atoms with van der Waals surface area (Å²) in [4.78, 5) is 16.3. The van der Waals surface area contributed by atoms with Gasteiger partial charge in [0.1, 0.15) is 0 Å². The molecule has 0 bridgehead atoms. The molecule has 1 aliphatic rings. The number of nitrogens with zero attached hydrogens (tertiary/aromatic N) is 1. The zero-order valence-corrected chi connectivity index (χ0v) is 13.6. The summed E-state index contributed by atoms with van der Waals surface area (Å²) in [6.07, 6.45) is 3.06. The highest BCUT2D eigenvalue weighted by molar-refractivity contribution is 7.10. The fourth-order valence-electron chi connectivity index (χ4n) is 2.98. The second-order valence-corrected chi connectivity index (χ2v) is 6.80. The van der Waals surface area contributed by atoms with Crippen LogP contribution in [-0.4, -0.2) is 17.4 Å². The molecule has 0 saturated heterocycles. The van der Waals surface area contributed by atoms with Crippen molar-refractivity contribution >= 4 is 28.8 Å². The smallest absolute Gasteiger partial charge is 0.254 e. The topological polar surface area (TPSA) is 20.3 Å². The quantitative estimate of drug-likeness (QED) is 0.784. The SMILES string of the molecule is CCCC1c2ccsc2CCN1C(=O)c1ccc(Cl)cc1. The van der Waals surface area contributed by atoms with E-state index in [-0.39, 0.29) is 11.9 Å². The van der Waals surface area contributed by atoms with Gasteiger partial charge in [0.05, 0.1) is 6.04 Å². The third kappa shape index (κ3) is 2.85. The van der Waals surface area contributed by atoms with Crippen LogP contribution in [0, 0.1) is 0 Å². The number of fused-ring (bicyclic) bond motifs is 1. The Morgan fingerprint density at radius 3 is 2.81 bits per heavy atom. The molecule has 110 valence electrons. The summed E-state index contributed by atoms with van der Waals surface area (Å²) in [5, 5.41) is 2.80. The number of carbonyl (C=O) groups is 1. The Kier molecular flexibility index (Phi) is 4.32. The number of halogens is 1. The van der Waals surface area contributed by atoms with Crippen molar-refractivity contribution in [3.8, 4) is 0 Å². The highest BCUT2D eigenvalue weighted by Gasteiger charge is 2.31. The fourth-order valence-corrected chi connectivity index (χ4v) is 4.04. The van der Waals surface area contributed by atoms with E-state index in [1.165, 1.54) is 10.4 Å². The van der Waals surface area contributed by atoms with Gasteiger partial charge < -0.3 is 4.90 Å². The summed E-state index contributed by atoms with van der Waals surface area (Å²) in [6, 6.07) is 9.59. The lowest BCUT2D eigenvalue weighted by Crippen LogP contribution is -2.39. The number of carbonyl (C=O) groups excluding carboxylic acids is 1. The van der Waals surface area contributed by atoms with Crippen molar-refractivity contribution in [1.29, 1.82) is 0 Å². The minimum absolute atomic E-state index is 0.113. The lowest BCUT2D eigenvalue weighted by atomic mass is 9.95. The van der Waals surface area contributed by atoms with Crippen LogP contribution in [0.2, 0.25) is 5.02 Å². The molecule has 0 spiro atoms. The molecule has 0 N–H and O–H groups in total. The molecule has 1 atom stereocenters. The molecule has 2 nitrogen and oxygen atoms in total. The number of hydrogen-bond acceptors (Lipinski definition) is 2. The lowest BCUT2D eigenvalue weighted by molar-refractivity contribution is 0.0651. The van der Waals surface area contributed by atoms with Crippen LogP contribution < -0.4 is 0 Å². The van der Waals surface area contributed by atoms with Crippen LogP contribution in [0.4, 0.5) is 0 Å². The van der Waals surface area contributed by atoms with Gasteiger partial charge >= 0.3 is 0 Å². The minimum Gasteiger partial charge on any atom is -0.331 e. The number of hydrogen-bond donors (Lipinski definition) is 0. The summed E-state index contributed by atoms with van der Waals surface area (Å²) < 4.78 is 0. The number of rotatable bonds is 3. The van der Waals surface area contributed by atoms with Crippen molar-refractivity contribution in [2.45, 2.75) is 32.2 Å².